The van der Waals surface area contributed by atoms with E-state index in [1.807, 2.05) is 56.4 Å². The van der Waals surface area contributed by atoms with E-state index in [0.29, 0.717) is 19.4 Å². The van der Waals surface area contributed by atoms with Gasteiger partial charge in [-0.2, -0.15) is 0 Å². The van der Waals surface area contributed by atoms with Crippen molar-refractivity contribution >= 4 is 27.5 Å². The average molecular weight is 385 g/mol. The Balaban J connectivity index is 1.47. The lowest BCUT2D eigenvalue weighted by atomic mass is 10.2. The summed E-state index contributed by atoms with van der Waals surface area (Å²) in [7, 11) is 3.47. The average Bonchev–Trinajstić information content (AvgIpc) is 3.14. The number of nitrogens with zero attached hydrogens (tertiary/aromatic N) is 2. The van der Waals surface area contributed by atoms with Gasteiger partial charge in [-0.1, -0.05) is 12.1 Å². The quantitative estimate of drug-likeness (QED) is 0.529. The van der Waals surface area contributed by atoms with Crippen LogP contribution in [0.5, 0.6) is 11.5 Å². The topological polar surface area (TPSA) is 51.7 Å². The molecule has 2 aromatic carbocycles. The molecule has 0 aliphatic carbocycles. The van der Waals surface area contributed by atoms with Crippen molar-refractivity contribution in [1.29, 1.82) is 0 Å². The van der Waals surface area contributed by atoms with Crippen molar-refractivity contribution in [3.8, 4) is 11.5 Å². The summed E-state index contributed by atoms with van der Waals surface area (Å²) in [6.07, 6.45) is 1.11. The summed E-state index contributed by atoms with van der Waals surface area (Å²) in [6, 6.07) is 15.4. The number of hydrogen-bond donors (Lipinski definition) is 0. The largest absolute Gasteiger partial charge is 0.497 e. The van der Waals surface area contributed by atoms with Crippen LogP contribution in [-0.2, 0) is 4.79 Å². The lowest BCUT2D eigenvalue weighted by molar-refractivity contribution is -0.132. The smallest absolute Gasteiger partial charge is 0.223 e. The third-order valence-corrected chi connectivity index (χ3v) is 5.71. The van der Waals surface area contributed by atoms with E-state index in [1.165, 1.54) is 0 Å². The minimum atomic E-state index is -0.0441. The molecule has 27 heavy (non-hydrogen) atoms. The predicted molar refractivity (Wildman–Crippen MR) is 109 cm³/mol. The third kappa shape index (κ3) is 4.77. The summed E-state index contributed by atoms with van der Waals surface area (Å²) in [5, 5.41) is 0.960. The molecule has 0 aliphatic heterocycles. The van der Waals surface area contributed by atoms with Crippen molar-refractivity contribution in [2.45, 2.75) is 25.8 Å². The molecule has 5 nitrogen and oxygen atoms in total. The molecule has 0 N–H and O–H groups in total. The Morgan fingerprint density at radius 2 is 1.85 bits per heavy atom. The standard InChI is InChI=1S/C21H24N2O3S/c1-15(21-22-18-7-4-5-8-19(18)27-21)23(2)20(24)9-6-14-26-17-12-10-16(25-3)11-13-17/h4-5,7-8,10-13,15H,6,9,14H2,1-3H3/t15-/m0/s1. The minimum Gasteiger partial charge on any atom is -0.497 e. The number of methoxy groups -OCH3 is 1. The molecule has 6 heteroatoms. The SMILES string of the molecule is COc1ccc(OCCCC(=O)N(C)[C@@H](C)c2nc3ccccc3s2)cc1. The van der Waals surface area contributed by atoms with E-state index in [1.54, 1.807) is 23.3 Å². The molecule has 3 aromatic rings. The Labute approximate surface area is 163 Å². The van der Waals surface area contributed by atoms with Crippen LogP contribution < -0.4 is 9.47 Å². The lowest BCUT2D eigenvalue weighted by Crippen LogP contribution is -2.29. The highest BCUT2D eigenvalue weighted by molar-refractivity contribution is 7.18. The molecule has 1 aromatic heterocycles. The number of para-hydroxylation sites is 1. The molecule has 0 radical (unpaired) electrons. The van der Waals surface area contributed by atoms with Gasteiger partial charge in [-0.05, 0) is 49.7 Å². The van der Waals surface area contributed by atoms with E-state index in [0.717, 1.165) is 26.7 Å². The summed E-state index contributed by atoms with van der Waals surface area (Å²) in [5.41, 5.74) is 0.984. The first-order valence-electron chi connectivity index (χ1n) is 8.96. The van der Waals surface area contributed by atoms with Crippen LogP contribution in [0.2, 0.25) is 0 Å². The highest BCUT2D eigenvalue weighted by Crippen LogP contribution is 2.29. The van der Waals surface area contributed by atoms with E-state index in [2.05, 4.69) is 11.1 Å². The molecule has 0 spiro atoms. The van der Waals surface area contributed by atoms with E-state index in [-0.39, 0.29) is 11.9 Å². The first-order chi connectivity index (χ1) is 13.1. The lowest BCUT2D eigenvalue weighted by Gasteiger charge is -2.23. The van der Waals surface area contributed by atoms with Gasteiger partial charge < -0.3 is 14.4 Å². The first kappa shape index (κ1) is 19.2. The second-order valence-corrected chi connectivity index (χ2v) is 7.39. The normalized spacial score (nSPS) is 12.0. The Bertz CT molecular complexity index is 859. The maximum Gasteiger partial charge on any atom is 0.223 e. The summed E-state index contributed by atoms with van der Waals surface area (Å²) >= 11 is 1.64. The van der Waals surface area contributed by atoms with Crippen LogP contribution in [0, 0.1) is 0 Å². The van der Waals surface area contributed by atoms with Gasteiger partial charge in [0.15, 0.2) is 0 Å². The van der Waals surface area contributed by atoms with E-state index in [4.69, 9.17) is 9.47 Å². The minimum absolute atomic E-state index is 0.0441. The van der Waals surface area contributed by atoms with Gasteiger partial charge >= 0.3 is 0 Å². The van der Waals surface area contributed by atoms with Crippen LogP contribution in [0.3, 0.4) is 0 Å². The van der Waals surface area contributed by atoms with E-state index < -0.39 is 0 Å². The van der Waals surface area contributed by atoms with Gasteiger partial charge in [-0.15, -0.1) is 11.3 Å². The molecule has 0 saturated heterocycles. The fourth-order valence-electron chi connectivity index (χ4n) is 2.71. The van der Waals surface area contributed by atoms with Crippen molar-refractivity contribution in [3.63, 3.8) is 0 Å². The van der Waals surface area contributed by atoms with Gasteiger partial charge in [0.2, 0.25) is 5.91 Å². The Morgan fingerprint density at radius 3 is 2.56 bits per heavy atom. The van der Waals surface area contributed by atoms with Crippen LogP contribution in [0.4, 0.5) is 0 Å². The third-order valence-electron chi connectivity index (χ3n) is 4.51. The molecule has 3 rings (SSSR count). The summed E-state index contributed by atoms with van der Waals surface area (Å²) in [6.45, 7) is 2.52. The van der Waals surface area contributed by atoms with E-state index >= 15 is 0 Å². The number of hydrogen-bond acceptors (Lipinski definition) is 5. The van der Waals surface area contributed by atoms with Crippen molar-refractivity contribution < 1.29 is 14.3 Å². The molecule has 1 heterocycles. The van der Waals surface area contributed by atoms with Gasteiger partial charge in [0.1, 0.15) is 16.5 Å². The van der Waals surface area contributed by atoms with E-state index in [9.17, 15) is 4.79 Å². The van der Waals surface area contributed by atoms with Crippen LogP contribution in [0.25, 0.3) is 10.2 Å². The zero-order valence-electron chi connectivity index (χ0n) is 15.8. The number of fused-ring (bicyclic) bond motifs is 1. The van der Waals surface area contributed by atoms with Crippen LogP contribution in [-0.4, -0.2) is 36.6 Å². The summed E-state index contributed by atoms with van der Waals surface area (Å²) in [4.78, 5) is 18.9. The second-order valence-electron chi connectivity index (χ2n) is 6.33. The van der Waals surface area contributed by atoms with Crippen LogP contribution in [0.1, 0.15) is 30.8 Å². The van der Waals surface area contributed by atoms with Crippen molar-refractivity contribution in [1.82, 2.24) is 9.88 Å². The highest BCUT2D eigenvalue weighted by atomic mass is 32.1. The molecule has 1 amide bonds. The number of amides is 1. The maximum absolute atomic E-state index is 12.5. The predicted octanol–water partition coefficient (Wildman–Crippen LogP) is 4.68. The molecule has 0 unspecified atom stereocenters. The zero-order chi connectivity index (χ0) is 19.2. The Kier molecular flexibility index (Phi) is 6.29. The maximum atomic E-state index is 12.5. The number of thiazole rings is 1. The Hall–Kier alpha value is -2.60. The van der Waals surface area contributed by atoms with Crippen LogP contribution in [0.15, 0.2) is 48.5 Å². The molecule has 142 valence electrons. The van der Waals surface area contributed by atoms with Crippen molar-refractivity contribution in [3.05, 3.63) is 53.5 Å². The fourth-order valence-corrected chi connectivity index (χ4v) is 3.77. The molecule has 0 bridgehead atoms. The summed E-state index contributed by atoms with van der Waals surface area (Å²) in [5.74, 6) is 1.67. The van der Waals surface area contributed by atoms with Gasteiger partial charge in [0.05, 0.1) is 30.0 Å². The van der Waals surface area contributed by atoms with Gasteiger partial charge in [0, 0.05) is 13.5 Å². The molecule has 1 atom stereocenters. The number of rotatable bonds is 8. The molecule has 0 aliphatic rings. The van der Waals surface area contributed by atoms with Gasteiger partial charge in [-0.25, -0.2) is 4.98 Å². The van der Waals surface area contributed by atoms with Gasteiger partial charge in [-0.3, -0.25) is 4.79 Å². The Morgan fingerprint density at radius 1 is 1.15 bits per heavy atom. The molecule has 0 saturated carbocycles. The van der Waals surface area contributed by atoms with Gasteiger partial charge in [0.25, 0.3) is 0 Å². The second kappa shape index (κ2) is 8.86. The molecule has 0 fully saturated rings. The molecular weight excluding hydrogens is 360 g/mol. The number of aromatic nitrogens is 1. The summed E-state index contributed by atoms with van der Waals surface area (Å²) < 4.78 is 12.0. The highest BCUT2D eigenvalue weighted by Gasteiger charge is 2.20. The van der Waals surface area contributed by atoms with Crippen molar-refractivity contribution in [2.24, 2.45) is 0 Å². The number of carbonyl (C=O) groups excluding carboxylic acids is 1. The number of ether oxygens (including phenoxy) is 2. The molecular formula is C21H24N2O3S. The first-order valence-corrected chi connectivity index (χ1v) is 9.78. The monoisotopic (exact) mass is 384 g/mol. The van der Waals surface area contributed by atoms with Crippen LogP contribution >= 0.6 is 11.3 Å². The van der Waals surface area contributed by atoms with Crippen molar-refractivity contribution in [2.75, 3.05) is 20.8 Å². The zero-order valence-corrected chi connectivity index (χ0v) is 16.7. The number of carbonyl (C=O) groups is 1. The fraction of sp³-hybridized carbons (Fsp3) is 0.333. The number of benzene rings is 2.